The third-order valence-corrected chi connectivity index (χ3v) is 5.75. The highest BCUT2D eigenvalue weighted by molar-refractivity contribution is 5.93. The molecule has 1 saturated heterocycles. The number of nitrogens with one attached hydrogen (secondary N) is 1. The van der Waals surface area contributed by atoms with Crippen molar-refractivity contribution in [2.24, 2.45) is 11.3 Å². The van der Waals surface area contributed by atoms with Crippen LogP contribution in [0.15, 0.2) is 18.2 Å². The molecule has 1 aromatic carbocycles. The Hall–Kier alpha value is -2.24. The van der Waals surface area contributed by atoms with E-state index in [0.717, 1.165) is 32.2 Å². The minimum absolute atomic E-state index is 0.0478. The van der Waals surface area contributed by atoms with Gasteiger partial charge in [-0.1, -0.05) is 20.8 Å². The fourth-order valence-electron chi connectivity index (χ4n) is 4.13. The molecule has 0 aromatic heterocycles. The van der Waals surface area contributed by atoms with E-state index >= 15 is 0 Å². The minimum Gasteiger partial charge on any atom is -0.493 e. The van der Waals surface area contributed by atoms with Crippen LogP contribution in [0, 0.1) is 11.3 Å². The quantitative estimate of drug-likeness (QED) is 0.800. The Bertz CT molecular complexity index is 735. The lowest BCUT2D eigenvalue weighted by Gasteiger charge is -2.35. The summed E-state index contributed by atoms with van der Waals surface area (Å²) < 4.78 is 11.5. The van der Waals surface area contributed by atoms with E-state index in [4.69, 9.17) is 9.47 Å². The summed E-state index contributed by atoms with van der Waals surface area (Å²) in [5, 5.41) is 3.01. The van der Waals surface area contributed by atoms with Crippen LogP contribution < -0.4 is 14.8 Å². The average Bonchev–Trinajstić information content (AvgIpc) is 3.20. The van der Waals surface area contributed by atoms with Crippen molar-refractivity contribution in [2.45, 2.75) is 65.4 Å². The number of hydrogen-bond acceptors (Lipinski definition) is 4. The molecule has 29 heavy (non-hydrogen) atoms. The SMILES string of the molecule is COc1ccc(NC(=O)C2CCCN(C(=O)C(C)(C)C)C2)cc1OC1CCCC1. The van der Waals surface area contributed by atoms with Gasteiger partial charge in [0.05, 0.1) is 19.1 Å². The number of carbonyl (C=O) groups is 2. The normalized spacial score (nSPS) is 20.4. The van der Waals surface area contributed by atoms with E-state index in [1.807, 2.05) is 43.9 Å². The van der Waals surface area contributed by atoms with Gasteiger partial charge in [0, 0.05) is 30.3 Å². The molecule has 1 aromatic rings. The minimum atomic E-state index is -0.430. The van der Waals surface area contributed by atoms with Crippen molar-refractivity contribution in [2.75, 3.05) is 25.5 Å². The lowest BCUT2D eigenvalue weighted by molar-refractivity contribution is -0.142. The van der Waals surface area contributed by atoms with Gasteiger partial charge in [-0.15, -0.1) is 0 Å². The van der Waals surface area contributed by atoms with Gasteiger partial charge in [0.25, 0.3) is 0 Å². The van der Waals surface area contributed by atoms with Crippen LogP contribution >= 0.6 is 0 Å². The molecule has 1 saturated carbocycles. The van der Waals surface area contributed by atoms with Crippen molar-refractivity contribution >= 4 is 17.5 Å². The molecular formula is C23H34N2O4. The molecule has 1 heterocycles. The zero-order valence-electron chi connectivity index (χ0n) is 18.1. The molecular weight excluding hydrogens is 368 g/mol. The smallest absolute Gasteiger partial charge is 0.229 e. The van der Waals surface area contributed by atoms with Crippen molar-refractivity contribution in [3.8, 4) is 11.5 Å². The van der Waals surface area contributed by atoms with Crippen LogP contribution in [0.3, 0.4) is 0 Å². The lowest BCUT2D eigenvalue weighted by Crippen LogP contribution is -2.47. The Kier molecular flexibility index (Phi) is 6.70. The standard InChI is InChI=1S/C23H34N2O4/c1-23(2,3)22(27)25-13-7-8-16(15-25)21(26)24-17-11-12-19(28-4)20(14-17)29-18-9-5-6-10-18/h11-12,14,16,18H,5-10,13,15H2,1-4H3,(H,24,26). The highest BCUT2D eigenvalue weighted by Crippen LogP contribution is 2.34. The molecule has 1 atom stereocenters. The van der Waals surface area contributed by atoms with Crippen LogP contribution in [0.4, 0.5) is 5.69 Å². The Morgan fingerprint density at radius 3 is 2.45 bits per heavy atom. The van der Waals surface area contributed by atoms with Crippen LogP contribution in [0.1, 0.15) is 59.3 Å². The second-order valence-electron chi connectivity index (χ2n) is 9.22. The zero-order chi connectivity index (χ0) is 21.0. The molecule has 2 fully saturated rings. The second kappa shape index (κ2) is 9.06. The van der Waals surface area contributed by atoms with Crippen molar-refractivity contribution in [3.05, 3.63) is 18.2 Å². The molecule has 2 aliphatic rings. The lowest BCUT2D eigenvalue weighted by atomic mass is 9.91. The highest BCUT2D eigenvalue weighted by atomic mass is 16.5. The van der Waals surface area contributed by atoms with E-state index in [-0.39, 0.29) is 23.8 Å². The van der Waals surface area contributed by atoms with Crippen LogP contribution in [0.25, 0.3) is 0 Å². The number of nitrogens with zero attached hydrogens (tertiary/aromatic N) is 1. The van der Waals surface area contributed by atoms with Gasteiger partial charge in [-0.3, -0.25) is 9.59 Å². The maximum Gasteiger partial charge on any atom is 0.229 e. The molecule has 0 radical (unpaired) electrons. The van der Waals surface area contributed by atoms with Gasteiger partial charge < -0.3 is 19.7 Å². The largest absolute Gasteiger partial charge is 0.493 e. The molecule has 2 amide bonds. The van der Waals surface area contributed by atoms with E-state index in [0.29, 0.717) is 23.7 Å². The summed E-state index contributed by atoms with van der Waals surface area (Å²) in [6, 6.07) is 5.51. The second-order valence-corrected chi connectivity index (χ2v) is 9.22. The number of ether oxygens (including phenoxy) is 2. The van der Waals surface area contributed by atoms with E-state index in [1.54, 1.807) is 7.11 Å². The van der Waals surface area contributed by atoms with Gasteiger partial charge >= 0.3 is 0 Å². The molecule has 160 valence electrons. The van der Waals surface area contributed by atoms with Crippen molar-refractivity contribution in [1.82, 2.24) is 4.90 Å². The molecule has 0 bridgehead atoms. The van der Waals surface area contributed by atoms with Gasteiger partial charge in [0.15, 0.2) is 11.5 Å². The van der Waals surface area contributed by atoms with E-state index in [2.05, 4.69) is 5.32 Å². The first-order chi connectivity index (χ1) is 13.8. The number of piperidine rings is 1. The Morgan fingerprint density at radius 2 is 1.79 bits per heavy atom. The predicted octanol–water partition coefficient (Wildman–Crippen LogP) is 4.24. The van der Waals surface area contributed by atoms with Gasteiger partial charge in [-0.25, -0.2) is 0 Å². The number of methoxy groups -OCH3 is 1. The Labute approximate surface area is 173 Å². The van der Waals surface area contributed by atoms with Gasteiger partial charge in [0.2, 0.25) is 11.8 Å². The monoisotopic (exact) mass is 402 g/mol. The van der Waals surface area contributed by atoms with E-state index < -0.39 is 5.41 Å². The summed E-state index contributed by atoms with van der Waals surface area (Å²) in [6.45, 7) is 6.96. The summed E-state index contributed by atoms with van der Waals surface area (Å²) in [7, 11) is 1.62. The highest BCUT2D eigenvalue weighted by Gasteiger charge is 2.33. The van der Waals surface area contributed by atoms with Crippen molar-refractivity contribution < 1.29 is 19.1 Å². The molecule has 1 unspecified atom stereocenters. The molecule has 1 N–H and O–H groups in total. The summed E-state index contributed by atoms with van der Waals surface area (Å²) >= 11 is 0. The van der Waals surface area contributed by atoms with Crippen LogP contribution in [-0.4, -0.2) is 43.0 Å². The number of amides is 2. The fourth-order valence-corrected chi connectivity index (χ4v) is 4.13. The Morgan fingerprint density at radius 1 is 1.07 bits per heavy atom. The number of benzene rings is 1. The molecule has 3 rings (SSSR count). The van der Waals surface area contributed by atoms with Gasteiger partial charge in [-0.05, 0) is 50.7 Å². The van der Waals surface area contributed by atoms with E-state index in [1.165, 1.54) is 12.8 Å². The first kappa shape index (κ1) is 21.5. The molecule has 1 aliphatic carbocycles. The van der Waals surface area contributed by atoms with Crippen LogP contribution in [0.5, 0.6) is 11.5 Å². The maximum atomic E-state index is 12.9. The number of hydrogen-bond donors (Lipinski definition) is 1. The zero-order valence-corrected chi connectivity index (χ0v) is 18.1. The first-order valence-electron chi connectivity index (χ1n) is 10.7. The van der Waals surface area contributed by atoms with Crippen LogP contribution in [0.2, 0.25) is 0 Å². The third kappa shape index (κ3) is 5.43. The molecule has 1 aliphatic heterocycles. The molecule has 6 nitrogen and oxygen atoms in total. The average molecular weight is 403 g/mol. The third-order valence-electron chi connectivity index (χ3n) is 5.75. The molecule has 0 spiro atoms. The number of carbonyl (C=O) groups excluding carboxylic acids is 2. The number of rotatable bonds is 5. The summed E-state index contributed by atoms with van der Waals surface area (Å²) in [6.07, 6.45) is 6.34. The van der Waals surface area contributed by atoms with Crippen molar-refractivity contribution in [3.63, 3.8) is 0 Å². The summed E-state index contributed by atoms with van der Waals surface area (Å²) in [5.74, 6) is 1.20. The first-order valence-corrected chi connectivity index (χ1v) is 10.7. The Balaban J connectivity index is 1.65. The summed E-state index contributed by atoms with van der Waals surface area (Å²) in [5.41, 5.74) is 0.268. The van der Waals surface area contributed by atoms with Crippen molar-refractivity contribution in [1.29, 1.82) is 0 Å². The van der Waals surface area contributed by atoms with Crippen LogP contribution in [-0.2, 0) is 9.59 Å². The maximum absolute atomic E-state index is 12.9. The summed E-state index contributed by atoms with van der Waals surface area (Å²) in [4.78, 5) is 27.3. The van der Waals surface area contributed by atoms with E-state index in [9.17, 15) is 9.59 Å². The topological polar surface area (TPSA) is 67.9 Å². The predicted molar refractivity (Wildman–Crippen MR) is 113 cm³/mol. The van der Waals surface area contributed by atoms with Gasteiger partial charge in [0.1, 0.15) is 0 Å². The fraction of sp³-hybridized carbons (Fsp3) is 0.652. The molecule has 6 heteroatoms. The number of anilines is 1. The van der Waals surface area contributed by atoms with Gasteiger partial charge in [-0.2, -0.15) is 0 Å². The number of likely N-dealkylation sites (tertiary alicyclic amines) is 1.